The molecule has 0 fully saturated rings. The van der Waals surface area contributed by atoms with Gasteiger partial charge in [0.15, 0.2) is 9.84 Å². The lowest BCUT2D eigenvalue weighted by molar-refractivity contribution is 0.0469. The quantitative estimate of drug-likeness (QED) is 0.775. The molecule has 124 valence electrons. The van der Waals surface area contributed by atoms with Gasteiger partial charge in [0.05, 0.1) is 27.1 Å². The fourth-order valence-corrected chi connectivity index (χ4v) is 2.71. The molecule has 0 aromatic heterocycles. The Balaban J connectivity index is 2.24. The molecule has 0 unspecified atom stereocenters. The largest absolute Gasteiger partial charge is 0.457 e. The Labute approximate surface area is 143 Å². The lowest BCUT2D eigenvalue weighted by Gasteiger charge is -2.09. The van der Waals surface area contributed by atoms with Gasteiger partial charge >= 0.3 is 5.97 Å². The highest BCUT2D eigenvalue weighted by molar-refractivity contribution is 7.90. The van der Waals surface area contributed by atoms with E-state index in [9.17, 15) is 17.6 Å². The third-order valence-electron chi connectivity index (χ3n) is 3.12. The predicted molar refractivity (Wildman–Crippen MR) is 84.8 cm³/mol. The summed E-state index contributed by atoms with van der Waals surface area (Å²) in [6.07, 6.45) is 0.994. The van der Waals surface area contributed by atoms with Gasteiger partial charge in [0.1, 0.15) is 12.4 Å². The number of hydrogen-bond donors (Lipinski definition) is 0. The minimum absolute atomic E-state index is 0.0126. The first kappa shape index (κ1) is 17.9. The van der Waals surface area contributed by atoms with Crippen LogP contribution in [0.3, 0.4) is 0 Å². The lowest BCUT2D eigenvalue weighted by Crippen LogP contribution is -2.09. The van der Waals surface area contributed by atoms with Crippen LogP contribution >= 0.6 is 11.6 Å². The average molecular weight is 368 g/mol. The Morgan fingerprint density at radius 1 is 1.29 bits per heavy atom. The maximum absolute atomic E-state index is 13.7. The summed E-state index contributed by atoms with van der Waals surface area (Å²) in [5.41, 5.74) is 0.105. The van der Waals surface area contributed by atoms with Crippen LogP contribution in [-0.2, 0) is 21.2 Å². The third kappa shape index (κ3) is 4.10. The second-order valence-corrected chi connectivity index (χ2v) is 7.33. The monoisotopic (exact) mass is 367 g/mol. The van der Waals surface area contributed by atoms with Gasteiger partial charge in [-0.3, -0.25) is 0 Å². The minimum atomic E-state index is -3.52. The summed E-state index contributed by atoms with van der Waals surface area (Å²) in [6.45, 7) is -0.417. The van der Waals surface area contributed by atoms with Crippen molar-refractivity contribution >= 4 is 27.4 Å². The molecular weight excluding hydrogens is 357 g/mol. The standard InChI is InChI=1S/C16H11ClFNO4S/c1-24(21,22)12-3-4-14(17)13(7-12)16(20)23-9-11-6-10(8-19)2-5-15(11)18/h2-7H,9H2,1H3. The molecule has 0 heterocycles. The van der Waals surface area contributed by atoms with Crippen LogP contribution in [0.2, 0.25) is 5.02 Å². The molecule has 0 bridgehead atoms. The van der Waals surface area contributed by atoms with Crippen LogP contribution in [0.1, 0.15) is 21.5 Å². The second kappa shape index (κ2) is 6.99. The SMILES string of the molecule is CS(=O)(=O)c1ccc(Cl)c(C(=O)OCc2cc(C#N)ccc2F)c1. The Kier molecular flexibility index (Phi) is 5.22. The second-order valence-electron chi connectivity index (χ2n) is 4.91. The highest BCUT2D eigenvalue weighted by Gasteiger charge is 2.17. The van der Waals surface area contributed by atoms with Gasteiger partial charge in [-0.1, -0.05) is 11.6 Å². The Morgan fingerprint density at radius 2 is 2.00 bits per heavy atom. The van der Waals surface area contributed by atoms with Gasteiger partial charge in [-0.05, 0) is 36.4 Å². The first-order valence-electron chi connectivity index (χ1n) is 6.57. The molecule has 5 nitrogen and oxygen atoms in total. The van der Waals surface area contributed by atoms with E-state index in [-0.39, 0.29) is 26.6 Å². The Hall–Kier alpha value is -2.43. The molecule has 0 aliphatic rings. The molecule has 2 rings (SSSR count). The van der Waals surface area contributed by atoms with E-state index in [1.807, 2.05) is 6.07 Å². The van der Waals surface area contributed by atoms with Crippen molar-refractivity contribution in [2.45, 2.75) is 11.5 Å². The van der Waals surface area contributed by atoms with Gasteiger partial charge in [0, 0.05) is 11.8 Å². The number of benzene rings is 2. The molecule has 0 spiro atoms. The van der Waals surface area contributed by atoms with Crippen LogP contribution in [0.5, 0.6) is 0 Å². The summed E-state index contributed by atoms with van der Waals surface area (Å²) in [7, 11) is -3.52. The van der Waals surface area contributed by atoms with Gasteiger partial charge in [-0.15, -0.1) is 0 Å². The van der Waals surface area contributed by atoms with Crippen molar-refractivity contribution in [2.24, 2.45) is 0 Å². The molecule has 0 atom stereocenters. The number of carbonyl (C=O) groups is 1. The molecule has 24 heavy (non-hydrogen) atoms. The molecule has 0 aliphatic carbocycles. The number of sulfone groups is 1. The van der Waals surface area contributed by atoms with Crippen LogP contribution in [0, 0.1) is 17.1 Å². The molecule has 0 amide bonds. The first-order valence-corrected chi connectivity index (χ1v) is 8.84. The number of halogens is 2. The van der Waals surface area contributed by atoms with Crippen molar-refractivity contribution < 1.29 is 22.3 Å². The van der Waals surface area contributed by atoms with E-state index in [0.717, 1.165) is 18.4 Å². The molecule has 8 heteroatoms. The van der Waals surface area contributed by atoms with E-state index < -0.39 is 28.2 Å². The van der Waals surface area contributed by atoms with Crippen molar-refractivity contribution in [1.29, 1.82) is 5.26 Å². The van der Waals surface area contributed by atoms with Crippen LogP contribution in [0.15, 0.2) is 41.3 Å². The summed E-state index contributed by atoms with van der Waals surface area (Å²) in [4.78, 5) is 12.0. The minimum Gasteiger partial charge on any atom is -0.457 e. The molecule has 0 aliphatic heterocycles. The zero-order chi connectivity index (χ0) is 17.9. The van der Waals surface area contributed by atoms with Gasteiger partial charge in [0.25, 0.3) is 0 Å². The number of nitrogens with zero attached hydrogens (tertiary/aromatic N) is 1. The molecule has 0 radical (unpaired) electrons. The van der Waals surface area contributed by atoms with Crippen LogP contribution < -0.4 is 0 Å². The first-order chi connectivity index (χ1) is 11.2. The number of carbonyl (C=O) groups excluding carboxylic acids is 1. The highest BCUT2D eigenvalue weighted by atomic mass is 35.5. The van der Waals surface area contributed by atoms with Crippen LogP contribution in [0.25, 0.3) is 0 Å². The maximum atomic E-state index is 13.7. The predicted octanol–water partition coefficient (Wildman–Crippen LogP) is 3.11. The van der Waals surface area contributed by atoms with E-state index >= 15 is 0 Å². The molecule has 0 saturated heterocycles. The normalized spacial score (nSPS) is 10.9. The summed E-state index contributed by atoms with van der Waals surface area (Å²) in [5.74, 6) is -1.52. The number of ether oxygens (including phenoxy) is 1. The summed E-state index contributed by atoms with van der Waals surface area (Å²) >= 11 is 5.89. The fraction of sp³-hybridized carbons (Fsp3) is 0.125. The zero-order valence-corrected chi connectivity index (χ0v) is 14.0. The van der Waals surface area contributed by atoms with Crippen molar-refractivity contribution in [2.75, 3.05) is 6.26 Å². The summed E-state index contributed by atoms with van der Waals surface area (Å²) < 4.78 is 41.7. The van der Waals surface area contributed by atoms with Crippen LogP contribution in [-0.4, -0.2) is 20.6 Å². The van der Waals surface area contributed by atoms with Gasteiger partial charge < -0.3 is 4.74 Å². The topological polar surface area (TPSA) is 84.2 Å². The summed E-state index contributed by atoms with van der Waals surface area (Å²) in [6, 6.07) is 9.15. The molecule has 2 aromatic carbocycles. The third-order valence-corrected chi connectivity index (χ3v) is 4.56. The average Bonchev–Trinajstić information content (AvgIpc) is 2.53. The highest BCUT2D eigenvalue weighted by Crippen LogP contribution is 2.22. The number of nitriles is 1. The van der Waals surface area contributed by atoms with E-state index in [2.05, 4.69) is 0 Å². The number of rotatable bonds is 4. The maximum Gasteiger partial charge on any atom is 0.340 e. The van der Waals surface area contributed by atoms with Crippen molar-refractivity contribution in [3.05, 3.63) is 63.9 Å². The van der Waals surface area contributed by atoms with E-state index in [1.54, 1.807) is 0 Å². The van der Waals surface area contributed by atoms with E-state index in [0.29, 0.717) is 0 Å². The summed E-state index contributed by atoms with van der Waals surface area (Å²) in [5, 5.41) is 8.81. The Morgan fingerprint density at radius 3 is 2.62 bits per heavy atom. The van der Waals surface area contributed by atoms with Crippen molar-refractivity contribution in [1.82, 2.24) is 0 Å². The van der Waals surface area contributed by atoms with Crippen LogP contribution in [0.4, 0.5) is 4.39 Å². The molecule has 0 N–H and O–H groups in total. The van der Waals surface area contributed by atoms with Gasteiger partial charge in [0.2, 0.25) is 0 Å². The van der Waals surface area contributed by atoms with Crippen molar-refractivity contribution in [3.63, 3.8) is 0 Å². The molecular formula is C16H11ClFNO4S. The molecule has 0 saturated carbocycles. The van der Waals surface area contributed by atoms with Crippen molar-refractivity contribution in [3.8, 4) is 6.07 Å². The number of esters is 1. The smallest absolute Gasteiger partial charge is 0.340 e. The molecule has 2 aromatic rings. The Bertz CT molecular complexity index is 951. The lowest BCUT2D eigenvalue weighted by atomic mass is 10.1. The van der Waals surface area contributed by atoms with E-state index in [4.69, 9.17) is 21.6 Å². The van der Waals surface area contributed by atoms with Gasteiger partial charge in [-0.25, -0.2) is 17.6 Å². The van der Waals surface area contributed by atoms with Gasteiger partial charge in [-0.2, -0.15) is 5.26 Å². The number of hydrogen-bond acceptors (Lipinski definition) is 5. The van der Waals surface area contributed by atoms with E-state index in [1.165, 1.54) is 24.3 Å². The fourth-order valence-electron chi connectivity index (χ4n) is 1.87. The zero-order valence-electron chi connectivity index (χ0n) is 12.4.